The first-order valence-corrected chi connectivity index (χ1v) is 16.9. The fourth-order valence-corrected chi connectivity index (χ4v) is 4.63. The molecule has 0 heterocycles. The number of amides is 1. The lowest BCUT2D eigenvalue weighted by Gasteiger charge is -2.19. The number of nitrogens with one attached hydrogen (secondary N) is 1. The van der Waals surface area contributed by atoms with Crippen LogP contribution in [0.5, 0.6) is 0 Å². The summed E-state index contributed by atoms with van der Waals surface area (Å²) in [5.41, 5.74) is 0. The minimum atomic E-state index is -0.862. The summed E-state index contributed by atoms with van der Waals surface area (Å²) in [7, 11) is 0. The van der Waals surface area contributed by atoms with E-state index < -0.39 is 12.1 Å². The van der Waals surface area contributed by atoms with Crippen molar-refractivity contribution in [3.05, 3.63) is 48.6 Å². The Kier molecular flexibility index (Phi) is 30.6. The third-order valence-corrected chi connectivity index (χ3v) is 7.28. The van der Waals surface area contributed by atoms with Gasteiger partial charge in [-0.25, -0.2) is 0 Å². The molecule has 0 aromatic carbocycles. The second-order valence-electron chi connectivity index (χ2n) is 11.2. The molecule has 4 heteroatoms. The molecule has 0 aliphatic heterocycles. The first kappa shape index (κ1) is 38.4. The van der Waals surface area contributed by atoms with Crippen LogP contribution in [0.4, 0.5) is 0 Å². The van der Waals surface area contributed by atoms with E-state index in [1.807, 2.05) is 6.08 Å². The average Bonchev–Trinajstić information content (AvgIpc) is 2.96. The maximum atomic E-state index is 12.3. The van der Waals surface area contributed by atoms with Gasteiger partial charge in [0, 0.05) is 6.42 Å². The van der Waals surface area contributed by atoms with Crippen LogP contribution in [-0.4, -0.2) is 34.9 Å². The summed E-state index contributed by atoms with van der Waals surface area (Å²) in [6.45, 7) is 4.22. The smallest absolute Gasteiger partial charge is 0.220 e. The quantitative estimate of drug-likeness (QED) is 0.0631. The lowest BCUT2D eigenvalue weighted by molar-refractivity contribution is -0.123. The zero-order valence-corrected chi connectivity index (χ0v) is 26.3. The van der Waals surface area contributed by atoms with E-state index in [1.54, 1.807) is 6.08 Å². The maximum Gasteiger partial charge on any atom is 0.220 e. The molecule has 40 heavy (non-hydrogen) atoms. The maximum absolute atomic E-state index is 12.3. The van der Waals surface area contributed by atoms with Crippen molar-refractivity contribution >= 4 is 5.91 Å². The van der Waals surface area contributed by atoms with E-state index in [0.717, 1.165) is 44.9 Å². The zero-order chi connectivity index (χ0) is 29.4. The summed E-state index contributed by atoms with van der Waals surface area (Å²) >= 11 is 0. The fourth-order valence-electron chi connectivity index (χ4n) is 4.63. The molecule has 2 atom stereocenters. The predicted octanol–water partition coefficient (Wildman–Crippen LogP) is 9.67. The van der Waals surface area contributed by atoms with E-state index in [4.69, 9.17) is 0 Å². The Morgan fingerprint density at radius 2 is 1.05 bits per heavy atom. The summed E-state index contributed by atoms with van der Waals surface area (Å²) in [6.07, 6.45) is 41.9. The van der Waals surface area contributed by atoms with Crippen LogP contribution in [0.3, 0.4) is 0 Å². The Labute approximate surface area is 248 Å². The highest BCUT2D eigenvalue weighted by molar-refractivity contribution is 5.76. The average molecular weight is 560 g/mol. The van der Waals surface area contributed by atoms with Crippen LogP contribution in [0.2, 0.25) is 0 Å². The highest BCUT2D eigenvalue weighted by Gasteiger charge is 2.17. The van der Waals surface area contributed by atoms with Gasteiger partial charge in [0.2, 0.25) is 5.91 Å². The number of carbonyl (C=O) groups excluding carboxylic acids is 1. The molecule has 1 amide bonds. The van der Waals surface area contributed by atoms with Crippen molar-refractivity contribution in [2.24, 2.45) is 0 Å². The summed E-state index contributed by atoms with van der Waals surface area (Å²) < 4.78 is 0. The molecule has 0 aromatic rings. The van der Waals surface area contributed by atoms with Crippen molar-refractivity contribution in [2.45, 2.75) is 167 Å². The van der Waals surface area contributed by atoms with Gasteiger partial charge >= 0.3 is 0 Å². The molecule has 2 unspecified atom stereocenters. The molecule has 0 spiro atoms. The van der Waals surface area contributed by atoms with Crippen LogP contribution in [0, 0.1) is 0 Å². The molecule has 0 saturated heterocycles. The highest BCUT2D eigenvalue weighted by atomic mass is 16.3. The van der Waals surface area contributed by atoms with E-state index in [2.05, 4.69) is 55.6 Å². The molecule has 0 radical (unpaired) electrons. The van der Waals surface area contributed by atoms with E-state index >= 15 is 0 Å². The van der Waals surface area contributed by atoms with Gasteiger partial charge in [-0.1, -0.05) is 133 Å². The molecule has 0 saturated carbocycles. The minimum Gasteiger partial charge on any atom is -0.394 e. The van der Waals surface area contributed by atoms with Gasteiger partial charge in [-0.15, -0.1) is 0 Å². The third-order valence-electron chi connectivity index (χ3n) is 7.28. The van der Waals surface area contributed by atoms with Crippen LogP contribution in [0.15, 0.2) is 48.6 Å². The van der Waals surface area contributed by atoms with Gasteiger partial charge in [0.15, 0.2) is 0 Å². The number of unbranched alkanes of at least 4 members (excludes halogenated alkanes) is 16. The molecule has 0 bridgehead atoms. The monoisotopic (exact) mass is 559 g/mol. The molecule has 0 aliphatic rings. The number of hydrogen-bond acceptors (Lipinski definition) is 3. The molecule has 0 rings (SSSR count). The molecule has 232 valence electrons. The van der Waals surface area contributed by atoms with E-state index in [0.29, 0.717) is 6.42 Å². The Morgan fingerprint density at radius 1 is 0.600 bits per heavy atom. The molecule has 4 nitrogen and oxygen atoms in total. The number of allylic oxidation sites excluding steroid dienone is 7. The van der Waals surface area contributed by atoms with Crippen molar-refractivity contribution in [3.8, 4) is 0 Å². The minimum absolute atomic E-state index is 0.0874. The normalized spacial score (nSPS) is 13.8. The predicted molar refractivity (Wildman–Crippen MR) is 175 cm³/mol. The van der Waals surface area contributed by atoms with Crippen LogP contribution in [0.1, 0.15) is 155 Å². The van der Waals surface area contributed by atoms with E-state index in [1.165, 1.54) is 89.9 Å². The molecule has 3 N–H and O–H groups in total. The van der Waals surface area contributed by atoms with Crippen molar-refractivity contribution in [1.29, 1.82) is 0 Å². The van der Waals surface area contributed by atoms with Crippen LogP contribution in [-0.2, 0) is 4.79 Å². The molecule has 0 fully saturated rings. The zero-order valence-electron chi connectivity index (χ0n) is 26.3. The Bertz CT molecular complexity index is 652. The fraction of sp³-hybridized carbons (Fsp3) is 0.750. The van der Waals surface area contributed by atoms with Crippen molar-refractivity contribution < 1.29 is 15.0 Å². The molecule has 0 aliphatic carbocycles. The number of aliphatic hydroxyl groups excluding tert-OH is 2. The Hall–Kier alpha value is -1.65. The Balaban J connectivity index is 3.69. The van der Waals surface area contributed by atoms with Crippen molar-refractivity contribution in [1.82, 2.24) is 5.32 Å². The lowest BCUT2D eigenvalue weighted by Crippen LogP contribution is -2.45. The van der Waals surface area contributed by atoms with Gasteiger partial charge in [-0.2, -0.15) is 0 Å². The van der Waals surface area contributed by atoms with Gasteiger partial charge in [-0.3, -0.25) is 4.79 Å². The van der Waals surface area contributed by atoms with Crippen LogP contribution >= 0.6 is 0 Å². The number of carbonyl (C=O) groups is 1. The van der Waals surface area contributed by atoms with Crippen molar-refractivity contribution in [2.75, 3.05) is 6.61 Å². The second-order valence-corrected chi connectivity index (χ2v) is 11.2. The highest BCUT2D eigenvalue weighted by Crippen LogP contribution is 2.11. The van der Waals surface area contributed by atoms with Gasteiger partial charge in [0.25, 0.3) is 0 Å². The molecular formula is C36H65NO3. The summed E-state index contributed by atoms with van der Waals surface area (Å²) in [6, 6.07) is -0.640. The SMILES string of the molecule is CCCCCC/C=C\C/C=C\CCCCCCCCCC(=O)NC(CO)C(O)/C=C/CC/C=C/CCCCCC. The van der Waals surface area contributed by atoms with Gasteiger partial charge in [0.1, 0.15) is 0 Å². The third kappa shape index (κ3) is 27.9. The number of hydrogen-bond donors (Lipinski definition) is 3. The van der Waals surface area contributed by atoms with Gasteiger partial charge in [-0.05, 0) is 64.2 Å². The second kappa shape index (κ2) is 31.9. The number of aliphatic hydroxyl groups is 2. The lowest BCUT2D eigenvalue weighted by atomic mass is 10.1. The first-order chi connectivity index (χ1) is 19.7. The van der Waals surface area contributed by atoms with Crippen molar-refractivity contribution in [3.63, 3.8) is 0 Å². The summed E-state index contributed by atoms with van der Waals surface area (Å²) in [5.74, 6) is -0.0874. The standard InChI is InChI=1S/C36H65NO3/c1-3-5-7-9-11-13-15-16-17-18-19-20-21-22-24-26-28-30-32-36(40)37-34(33-38)35(39)31-29-27-25-23-14-12-10-8-6-4-2/h13-15,17-18,23,29,31,34-35,38-39H,3-12,16,19-22,24-28,30,32-33H2,1-2H3,(H,37,40)/b15-13-,18-17-,23-14+,31-29+. The first-order valence-electron chi connectivity index (χ1n) is 16.9. The molecular weight excluding hydrogens is 494 g/mol. The van der Waals surface area contributed by atoms with Crippen LogP contribution in [0.25, 0.3) is 0 Å². The van der Waals surface area contributed by atoms with E-state index in [-0.39, 0.29) is 12.5 Å². The topological polar surface area (TPSA) is 69.6 Å². The van der Waals surface area contributed by atoms with Gasteiger partial charge < -0.3 is 15.5 Å². The largest absolute Gasteiger partial charge is 0.394 e. The number of rotatable bonds is 29. The molecule has 0 aromatic heterocycles. The Morgan fingerprint density at radius 3 is 1.60 bits per heavy atom. The van der Waals surface area contributed by atoms with E-state index in [9.17, 15) is 15.0 Å². The van der Waals surface area contributed by atoms with Gasteiger partial charge in [0.05, 0.1) is 18.8 Å². The van der Waals surface area contributed by atoms with Crippen LogP contribution < -0.4 is 5.32 Å². The summed E-state index contributed by atoms with van der Waals surface area (Å²) in [4.78, 5) is 12.3. The summed E-state index contributed by atoms with van der Waals surface area (Å²) in [5, 5.41) is 22.7.